The molecule has 0 spiro atoms. The lowest BCUT2D eigenvalue weighted by Crippen LogP contribution is -2.43. The van der Waals surface area contributed by atoms with Crippen molar-refractivity contribution >= 4 is 38.9 Å². The number of carbonyl (C=O) groups excluding carboxylic acids is 2. The van der Waals surface area contributed by atoms with Crippen LogP contribution in [0.15, 0.2) is 41.8 Å². The van der Waals surface area contributed by atoms with E-state index in [1.54, 1.807) is 30.4 Å². The smallest absolute Gasteiger partial charge is 0.251 e. The summed E-state index contributed by atoms with van der Waals surface area (Å²) >= 11 is 1.66. The molecule has 0 radical (unpaired) electrons. The monoisotopic (exact) mass is 463 g/mol. The first-order valence-corrected chi connectivity index (χ1v) is 12.7. The molecule has 1 N–H and O–H groups in total. The summed E-state index contributed by atoms with van der Waals surface area (Å²) in [5, 5.41) is 5.02. The lowest BCUT2D eigenvalue weighted by Gasteiger charge is -2.34. The maximum atomic E-state index is 12.7. The SMILES string of the molecule is CC1CS(=O)(=O)N(c2ccc(C(=O)NCC(c3cccs3)N3CCOCC3)cc2)C1=O. The van der Waals surface area contributed by atoms with E-state index in [0.717, 1.165) is 17.4 Å². The zero-order valence-electron chi connectivity index (χ0n) is 17.2. The summed E-state index contributed by atoms with van der Waals surface area (Å²) in [6.45, 7) is 5.02. The number of morpholine rings is 1. The molecule has 2 saturated heterocycles. The van der Waals surface area contributed by atoms with Crippen LogP contribution >= 0.6 is 11.3 Å². The molecular formula is C21H25N3O5S2. The van der Waals surface area contributed by atoms with Gasteiger partial charge in [-0.15, -0.1) is 11.3 Å². The van der Waals surface area contributed by atoms with Crippen molar-refractivity contribution in [2.75, 3.05) is 42.9 Å². The van der Waals surface area contributed by atoms with Crippen molar-refractivity contribution in [2.24, 2.45) is 5.92 Å². The third-order valence-electron chi connectivity index (χ3n) is 5.54. The molecule has 2 atom stereocenters. The van der Waals surface area contributed by atoms with Crippen molar-refractivity contribution in [2.45, 2.75) is 13.0 Å². The Bertz CT molecular complexity index is 1030. The number of hydrogen-bond donors (Lipinski definition) is 1. The van der Waals surface area contributed by atoms with Crippen LogP contribution in [0.3, 0.4) is 0 Å². The number of thiophene rings is 1. The molecule has 166 valence electrons. The van der Waals surface area contributed by atoms with Crippen LogP contribution in [0.2, 0.25) is 0 Å². The Labute approximate surface area is 185 Å². The summed E-state index contributed by atoms with van der Waals surface area (Å²) < 4.78 is 30.8. The predicted molar refractivity (Wildman–Crippen MR) is 119 cm³/mol. The van der Waals surface area contributed by atoms with Gasteiger partial charge in [0.15, 0.2) is 0 Å². The summed E-state index contributed by atoms with van der Waals surface area (Å²) in [6.07, 6.45) is 0. The Morgan fingerprint density at radius 2 is 1.94 bits per heavy atom. The first-order valence-electron chi connectivity index (χ1n) is 10.2. The second-order valence-corrected chi connectivity index (χ2v) is 10.6. The van der Waals surface area contributed by atoms with E-state index < -0.39 is 21.8 Å². The minimum atomic E-state index is -3.66. The quantitative estimate of drug-likeness (QED) is 0.703. The maximum Gasteiger partial charge on any atom is 0.251 e. The topological polar surface area (TPSA) is 96.0 Å². The molecule has 31 heavy (non-hydrogen) atoms. The Hall–Kier alpha value is -2.27. The second kappa shape index (κ2) is 9.07. The largest absolute Gasteiger partial charge is 0.379 e. The average molecular weight is 464 g/mol. The number of hydrogen-bond acceptors (Lipinski definition) is 7. The number of amides is 2. The van der Waals surface area contributed by atoms with Gasteiger partial charge in [0.25, 0.3) is 5.91 Å². The van der Waals surface area contributed by atoms with Crippen LogP contribution in [0.1, 0.15) is 28.2 Å². The Kier molecular flexibility index (Phi) is 6.42. The van der Waals surface area contributed by atoms with E-state index in [1.165, 1.54) is 17.0 Å². The van der Waals surface area contributed by atoms with Gasteiger partial charge in [0, 0.05) is 30.1 Å². The molecule has 10 heteroatoms. The van der Waals surface area contributed by atoms with Crippen molar-refractivity contribution in [1.29, 1.82) is 0 Å². The Balaban J connectivity index is 1.44. The molecule has 8 nitrogen and oxygen atoms in total. The summed E-state index contributed by atoms with van der Waals surface area (Å²) in [5.74, 6) is -1.45. The molecule has 0 bridgehead atoms. The van der Waals surface area contributed by atoms with Gasteiger partial charge in [0.2, 0.25) is 15.9 Å². The van der Waals surface area contributed by atoms with E-state index in [4.69, 9.17) is 4.74 Å². The van der Waals surface area contributed by atoms with Gasteiger partial charge in [-0.2, -0.15) is 0 Å². The van der Waals surface area contributed by atoms with Gasteiger partial charge in [-0.05, 0) is 35.7 Å². The summed E-state index contributed by atoms with van der Waals surface area (Å²) in [6, 6.07) is 10.2. The average Bonchev–Trinajstić information content (AvgIpc) is 3.35. The lowest BCUT2D eigenvalue weighted by atomic mass is 10.1. The number of carbonyl (C=O) groups is 2. The molecular weight excluding hydrogens is 438 g/mol. The van der Waals surface area contributed by atoms with E-state index in [9.17, 15) is 18.0 Å². The van der Waals surface area contributed by atoms with Crippen molar-refractivity contribution in [1.82, 2.24) is 10.2 Å². The van der Waals surface area contributed by atoms with Gasteiger partial charge >= 0.3 is 0 Å². The first-order chi connectivity index (χ1) is 14.9. The number of nitrogens with zero attached hydrogens (tertiary/aromatic N) is 2. The normalized spacial score (nSPS) is 22.4. The Morgan fingerprint density at radius 1 is 1.23 bits per heavy atom. The Morgan fingerprint density at radius 3 is 2.52 bits per heavy atom. The van der Waals surface area contributed by atoms with E-state index in [1.807, 2.05) is 11.4 Å². The highest BCUT2D eigenvalue weighted by atomic mass is 32.2. The van der Waals surface area contributed by atoms with Crippen LogP contribution in [0, 0.1) is 5.92 Å². The zero-order valence-corrected chi connectivity index (χ0v) is 18.8. The van der Waals surface area contributed by atoms with Crippen LogP contribution in [-0.4, -0.2) is 63.7 Å². The van der Waals surface area contributed by atoms with E-state index >= 15 is 0 Å². The summed E-state index contributed by atoms with van der Waals surface area (Å²) in [5.41, 5.74) is 0.670. The lowest BCUT2D eigenvalue weighted by molar-refractivity contribution is -0.119. The molecule has 2 amide bonds. The number of ether oxygens (including phenoxy) is 1. The van der Waals surface area contributed by atoms with Gasteiger partial charge in [0.05, 0.1) is 36.6 Å². The van der Waals surface area contributed by atoms with Gasteiger partial charge in [-0.3, -0.25) is 14.5 Å². The van der Waals surface area contributed by atoms with Crippen molar-refractivity contribution in [3.8, 4) is 0 Å². The fourth-order valence-electron chi connectivity index (χ4n) is 3.91. The number of nitrogens with one attached hydrogen (secondary N) is 1. The standard InChI is InChI=1S/C21H25N3O5S2/c1-15-14-31(27,28)24(21(15)26)17-6-4-16(5-7-17)20(25)22-13-18(19-3-2-12-30-19)23-8-10-29-11-9-23/h2-7,12,15,18H,8-11,13-14H2,1H3,(H,22,25). The molecule has 1 aromatic heterocycles. The molecule has 2 unspecified atom stereocenters. The molecule has 4 rings (SSSR count). The van der Waals surface area contributed by atoms with Crippen molar-refractivity contribution in [3.63, 3.8) is 0 Å². The van der Waals surface area contributed by atoms with Crippen LogP contribution in [0.5, 0.6) is 0 Å². The number of sulfonamides is 1. The fourth-order valence-corrected chi connectivity index (χ4v) is 6.59. The van der Waals surface area contributed by atoms with Gasteiger partial charge in [0.1, 0.15) is 0 Å². The molecule has 2 aliphatic heterocycles. The second-order valence-electron chi connectivity index (χ2n) is 7.72. The summed E-state index contributed by atoms with van der Waals surface area (Å²) in [4.78, 5) is 28.5. The van der Waals surface area contributed by atoms with E-state index in [-0.39, 0.29) is 23.4 Å². The predicted octanol–water partition coefficient (Wildman–Crippen LogP) is 1.86. The van der Waals surface area contributed by atoms with Crippen LogP contribution in [-0.2, 0) is 19.6 Å². The fraction of sp³-hybridized carbons (Fsp3) is 0.429. The van der Waals surface area contributed by atoms with Crippen molar-refractivity contribution < 1.29 is 22.7 Å². The van der Waals surface area contributed by atoms with Crippen LogP contribution < -0.4 is 9.62 Å². The number of rotatable bonds is 6. The number of anilines is 1. The molecule has 3 heterocycles. The van der Waals surface area contributed by atoms with Crippen molar-refractivity contribution in [3.05, 3.63) is 52.2 Å². The minimum absolute atomic E-state index is 0.0703. The van der Waals surface area contributed by atoms with Gasteiger partial charge in [-0.1, -0.05) is 13.0 Å². The molecule has 0 aliphatic carbocycles. The first kappa shape index (κ1) is 21.9. The van der Waals surface area contributed by atoms with E-state index in [0.29, 0.717) is 25.3 Å². The maximum absolute atomic E-state index is 12.7. The zero-order chi connectivity index (χ0) is 22.0. The van der Waals surface area contributed by atoms with Gasteiger partial charge in [-0.25, -0.2) is 12.7 Å². The highest BCUT2D eigenvalue weighted by Gasteiger charge is 2.41. The van der Waals surface area contributed by atoms with Gasteiger partial charge < -0.3 is 10.1 Å². The number of benzene rings is 1. The molecule has 1 aromatic carbocycles. The van der Waals surface area contributed by atoms with Crippen LogP contribution in [0.25, 0.3) is 0 Å². The van der Waals surface area contributed by atoms with Crippen LogP contribution in [0.4, 0.5) is 5.69 Å². The highest BCUT2D eigenvalue weighted by Crippen LogP contribution is 2.29. The molecule has 2 aliphatic rings. The summed E-state index contributed by atoms with van der Waals surface area (Å²) in [7, 11) is -3.66. The van der Waals surface area contributed by atoms with E-state index in [2.05, 4.69) is 16.3 Å². The minimum Gasteiger partial charge on any atom is -0.379 e. The third kappa shape index (κ3) is 4.67. The molecule has 2 fully saturated rings. The molecule has 2 aromatic rings. The molecule has 0 saturated carbocycles. The highest BCUT2D eigenvalue weighted by molar-refractivity contribution is 7.94. The third-order valence-corrected chi connectivity index (χ3v) is 8.38.